The highest BCUT2D eigenvalue weighted by atomic mass is 16.5. The van der Waals surface area contributed by atoms with E-state index in [1.165, 1.54) is 4.90 Å². The molecule has 38 heavy (non-hydrogen) atoms. The van der Waals surface area contributed by atoms with Gasteiger partial charge in [-0.2, -0.15) is 0 Å². The minimum Gasteiger partial charge on any atom is -0.394 e. The molecular formula is C30H37N3O5. The molecular weight excluding hydrogens is 482 g/mol. The van der Waals surface area contributed by atoms with E-state index in [1.54, 1.807) is 7.05 Å². The fraction of sp³-hybridized carbons (Fsp3) is 0.500. The second-order valence-corrected chi connectivity index (χ2v) is 11.0. The van der Waals surface area contributed by atoms with Crippen molar-refractivity contribution < 1.29 is 24.2 Å². The molecule has 3 heterocycles. The number of nitrogens with zero attached hydrogens (tertiary/aromatic N) is 1. The summed E-state index contributed by atoms with van der Waals surface area (Å²) in [5.41, 5.74) is 1.54. The zero-order valence-electron chi connectivity index (χ0n) is 22.5. The van der Waals surface area contributed by atoms with E-state index in [9.17, 15) is 19.5 Å². The van der Waals surface area contributed by atoms with Crippen molar-refractivity contribution in [2.45, 2.75) is 69.7 Å². The fourth-order valence-electron chi connectivity index (χ4n) is 7.24. The van der Waals surface area contributed by atoms with Gasteiger partial charge in [-0.15, -0.1) is 0 Å². The first kappa shape index (κ1) is 26.4. The molecule has 2 aromatic rings. The molecule has 3 fully saturated rings. The highest BCUT2D eigenvalue weighted by Gasteiger charge is 2.79. The maximum atomic E-state index is 14.3. The Labute approximate surface area is 223 Å². The van der Waals surface area contributed by atoms with E-state index in [4.69, 9.17) is 4.74 Å². The number of carbonyl (C=O) groups is 3. The van der Waals surface area contributed by atoms with Crippen molar-refractivity contribution in [3.05, 3.63) is 65.2 Å². The topological polar surface area (TPSA) is 108 Å². The van der Waals surface area contributed by atoms with Crippen LogP contribution in [0.25, 0.3) is 0 Å². The number of aliphatic hydroxyl groups is 1. The van der Waals surface area contributed by atoms with Crippen molar-refractivity contribution in [2.24, 2.45) is 11.8 Å². The number of amides is 3. The van der Waals surface area contributed by atoms with Crippen molar-refractivity contribution in [3.63, 3.8) is 0 Å². The van der Waals surface area contributed by atoms with Gasteiger partial charge in [0.2, 0.25) is 17.7 Å². The summed E-state index contributed by atoms with van der Waals surface area (Å²) in [5, 5.41) is 16.4. The summed E-state index contributed by atoms with van der Waals surface area (Å²) in [6.07, 6.45) is 2.03. The summed E-state index contributed by atoms with van der Waals surface area (Å²) >= 11 is 0. The Balaban J connectivity index is 1.61. The second-order valence-electron chi connectivity index (χ2n) is 11.0. The molecule has 6 atom stereocenters. The Morgan fingerprint density at radius 1 is 1.08 bits per heavy atom. The smallest absolute Gasteiger partial charge is 0.250 e. The molecule has 2 aromatic carbocycles. The summed E-state index contributed by atoms with van der Waals surface area (Å²) in [5.74, 6) is -2.39. The number of benzene rings is 2. The quantitative estimate of drug-likeness (QED) is 0.497. The summed E-state index contributed by atoms with van der Waals surface area (Å²) in [4.78, 5) is 43.3. The Bertz CT molecular complexity index is 1230. The first-order valence-electron chi connectivity index (χ1n) is 13.5. The third kappa shape index (κ3) is 3.84. The number of aryl methyl sites for hydroxylation is 2. The predicted octanol–water partition coefficient (Wildman–Crippen LogP) is 2.75. The van der Waals surface area contributed by atoms with Crippen molar-refractivity contribution in [3.8, 4) is 0 Å². The van der Waals surface area contributed by atoms with Crippen LogP contribution < -0.4 is 10.6 Å². The van der Waals surface area contributed by atoms with Crippen LogP contribution in [0.2, 0.25) is 0 Å². The lowest BCUT2D eigenvalue weighted by Gasteiger charge is -2.37. The van der Waals surface area contributed by atoms with Gasteiger partial charge in [0.1, 0.15) is 11.6 Å². The molecule has 202 valence electrons. The third-order valence-corrected chi connectivity index (χ3v) is 9.04. The average molecular weight is 520 g/mol. The number of rotatable bonds is 8. The highest BCUT2D eigenvalue weighted by molar-refractivity contribution is 6.04. The normalized spacial score (nSPS) is 30.3. The minimum absolute atomic E-state index is 0.244. The number of para-hydroxylation sites is 1. The lowest BCUT2D eigenvalue weighted by molar-refractivity contribution is -0.149. The minimum atomic E-state index is -1.14. The zero-order chi connectivity index (χ0) is 27.2. The van der Waals surface area contributed by atoms with Crippen LogP contribution in [0, 0.1) is 25.7 Å². The lowest BCUT2D eigenvalue weighted by atomic mass is 9.65. The Hall–Kier alpha value is -3.23. The highest BCUT2D eigenvalue weighted by Crippen LogP contribution is 2.64. The Morgan fingerprint density at radius 2 is 1.76 bits per heavy atom. The van der Waals surface area contributed by atoms with E-state index in [1.807, 2.05) is 69.3 Å². The molecule has 0 radical (unpaired) electrons. The van der Waals surface area contributed by atoms with Crippen LogP contribution in [0.3, 0.4) is 0 Å². The standard InChI is InChI=1S/C30H37N3O5/c1-5-29-14-15-30(38-29)23(22(29)26(35)31-4)28(37)33(21(17-34)16-20-12-7-6-8-13-20)25(30)27(36)32-24-18(2)10-9-11-19(24)3/h6-13,21-23,25,34H,5,14-17H2,1-4H3,(H,31,35)(H,32,36)/t21-,22-,23+,25?,29+,30?/m1/s1. The summed E-state index contributed by atoms with van der Waals surface area (Å²) < 4.78 is 6.77. The van der Waals surface area contributed by atoms with Crippen LogP contribution in [0.5, 0.6) is 0 Å². The third-order valence-electron chi connectivity index (χ3n) is 9.04. The maximum absolute atomic E-state index is 14.3. The van der Waals surface area contributed by atoms with E-state index in [0.717, 1.165) is 16.7 Å². The number of fused-ring (bicyclic) bond motifs is 1. The molecule has 0 aliphatic carbocycles. The van der Waals surface area contributed by atoms with Gasteiger partial charge in [-0.3, -0.25) is 14.4 Å². The Kier molecular flexibility index (Phi) is 6.82. The van der Waals surface area contributed by atoms with Crippen LogP contribution in [0.15, 0.2) is 48.5 Å². The molecule has 1 spiro atoms. The molecule has 2 bridgehead atoms. The fourth-order valence-corrected chi connectivity index (χ4v) is 7.24. The van der Waals surface area contributed by atoms with E-state index >= 15 is 0 Å². The number of anilines is 1. The van der Waals surface area contributed by atoms with Gasteiger partial charge in [0.05, 0.1) is 30.1 Å². The molecule has 3 amide bonds. The second kappa shape index (κ2) is 9.82. The van der Waals surface area contributed by atoms with Crippen molar-refractivity contribution in [2.75, 3.05) is 19.0 Å². The van der Waals surface area contributed by atoms with Gasteiger partial charge in [-0.25, -0.2) is 0 Å². The number of ether oxygens (including phenoxy) is 1. The number of carbonyl (C=O) groups excluding carboxylic acids is 3. The van der Waals surface area contributed by atoms with Gasteiger partial charge < -0.3 is 25.4 Å². The van der Waals surface area contributed by atoms with Crippen LogP contribution >= 0.6 is 0 Å². The van der Waals surface area contributed by atoms with Crippen LogP contribution in [0.1, 0.15) is 42.9 Å². The number of hydrogen-bond acceptors (Lipinski definition) is 5. The van der Waals surface area contributed by atoms with Gasteiger partial charge in [-0.05, 0) is 56.2 Å². The molecule has 0 saturated carbocycles. The molecule has 8 nitrogen and oxygen atoms in total. The van der Waals surface area contributed by atoms with Gasteiger partial charge in [-0.1, -0.05) is 55.5 Å². The van der Waals surface area contributed by atoms with Crippen LogP contribution in [-0.4, -0.2) is 64.7 Å². The maximum Gasteiger partial charge on any atom is 0.250 e. The van der Waals surface area contributed by atoms with Crippen molar-refractivity contribution >= 4 is 23.4 Å². The monoisotopic (exact) mass is 519 g/mol. The number of hydrogen-bond donors (Lipinski definition) is 3. The first-order chi connectivity index (χ1) is 18.2. The van der Waals surface area contributed by atoms with Gasteiger partial charge in [0, 0.05) is 12.7 Å². The molecule has 8 heteroatoms. The van der Waals surface area contributed by atoms with Crippen LogP contribution in [-0.2, 0) is 25.5 Å². The molecule has 3 aliphatic rings. The molecule has 3 saturated heterocycles. The largest absolute Gasteiger partial charge is 0.394 e. The zero-order valence-corrected chi connectivity index (χ0v) is 22.5. The van der Waals surface area contributed by atoms with Crippen LogP contribution in [0.4, 0.5) is 5.69 Å². The first-order valence-corrected chi connectivity index (χ1v) is 13.5. The van der Waals surface area contributed by atoms with Gasteiger partial charge in [0.25, 0.3) is 0 Å². The summed E-state index contributed by atoms with van der Waals surface area (Å²) in [7, 11) is 1.57. The molecule has 3 N–H and O–H groups in total. The lowest BCUT2D eigenvalue weighted by Crippen LogP contribution is -2.57. The molecule has 5 rings (SSSR count). The van der Waals surface area contributed by atoms with Gasteiger partial charge in [0.15, 0.2) is 0 Å². The molecule has 3 aliphatic heterocycles. The summed E-state index contributed by atoms with van der Waals surface area (Å²) in [6, 6.07) is 13.8. The van der Waals surface area contributed by atoms with E-state index in [2.05, 4.69) is 10.6 Å². The van der Waals surface area contributed by atoms with E-state index in [0.29, 0.717) is 31.4 Å². The number of aliphatic hydroxyl groups excluding tert-OH is 1. The van der Waals surface area contributed by atoms with Gasteiger partial charge >= 0.3 is 0 Å². The Morgan fingerprint density at radius 3 is 2.37 bits per heavy atom. The summed E-state index contributed by atoms with van der Waals surface area (Å²) in [6.45, 7) is 5.51. The number of likely N-dealkylation sites (tertiary alicyclic amines) is 1. The predicted molar refractivity (Wildman–Crippen MR) is 143 cm³/mol. The van der Waals surface area contributed by atoms with E-state index in [-0.39, 0.29) is 24.3 Å². The molecule has 2 unspecified atom stereocenters. The van der Waals surface area contributed by atoms with Crippen molar-refractivity contribution in [1.29, 1.82) is 0 Å². The molecule has 0 aromatic heterocycles. The van der Waals surface area contributed by atoms with Crippen molar-refractivity contribution in [1.82, 2.24) is 10.2 Å². The van der Waals surface area contributed by atoms with E-state index < -0.39 is 35.1 Å². The number of nitrogens with one attached hydrogen (secondary N) is 2. The SMILES string of the molecule is CC[C@@]12CCC3(O1)C(C(=O)Nc1c(C)cccc1C)N([C@@H](CO)Cc1ccccc1)C(=O)[C@@H]3[C@@H]2C(=O)NC. The average Bonchev–Trinajstić information content (AvgIpc) is 3.53.